The summed E-state index contributed by atoms with van der Waals surface area (Å²) >= 11 is 0. The number of nitrogens with one attached hydrogen (secondary N) is 1. The van der Waals surface area contributed by atoms with Crippen LogP contribution in [0.2, 0.25) is 0 Å². The third kappa shape index (κ3) is 5.48. The summed E-state index contributed by atoms with van der Waals surface area (Å²) < 4.78 is 5.81. The molecule has 0 atom stereocenters. The maximum Gasteiger partial charge on any atom is 0.248 e. The van der Waals surface area contributed by atoms with Crippen molar-refractivity contribution in [1.29, 1.82) is 0 Å². The second-order valence-electron chi connectivity index (χ2n) is 6.76. The Morgan fingerprint density at radius 1 is 1.15 bits per heavy atom. The van der Waals surface area contributed by atoms with E-state index in [4.69, 9.17) is 4.74 Å². The van der Waals surface area contributed by atoms with Gasteiger partial charge in [0.15, 0.2) is 0 Å². The predicted octanol–water partition coefficient (Wildman–Crippen LogP) is 5.95. The van der Waals surface area contributed by atoms with Crippen molar-refractivity contribution in [1.82, 2.24) is 0 Å². The zero-order valence-electron chi connectivity index (χ0n) is 16.2. The summed E-state index contributed by atoms with van der Waals surface area (Å²) in [6, 6.07) is 13.9. The highest BCUT2D eigenvalue weighted by Gasteiger charge is 2.10. The van der Waals surface area contributed by atoms with Gasteiger partial charge in [0.25, 0.3) is 0 Å². The Labute approximate surface area is 157 Å². The van der Waals surface area contributed by atoms with Crippen LogP contribution in [-0.4, -0.2) is 12.5 Å². The number of hydrogen-bond donors (Lipinski definition) is 1. The fourth-order valence-electron chi connectivity index (χ4n) is 2.75. The molecular formula is C23H29NO2. The summed E-state index contributed by atoms with van der Waals surface area (Å²) in [4.78, 5) is 12.4. The van der Waals surface area contributed by atoms with Gasteiger partial charge in [-0.2, -0.15) is 0 Å². The summed E-state index contributed by atoms with van der Waals surface area (Å²) in [6.45, 7) is 9.10. The van der Waals surface area contributed by atoms with Crippen LogP contribution in [0, 0.1) is 6.92 Å². The third-order valence-corrected chi connectivity index (χ3v) is 4.26. The maximum atomic E-state index is 12.4. The van der Waals surface area contributed by atoms with Crippen molar-refractivity contribution in [3.05, 3.63) is 65.2 Å². The Balaban J connectivity index is 2.12. The lowest BCUT2D eigenvalue weighted by atomic mass is 9.98. The first kappa shape index (κ1) is 19.8. The Morgan fingerprint density at radius 3 is 2.65 bits per heavy atom. The van der Waals surface area contributed by atoms with E-state index in [1.807, 2.05) is 49.4 Å². The average Bonchev–Trinajstić information content (AvgIpc) is 2.62. The van der Waals surface area contributed by atoms with E-state index in [1.165, 1.54) is 0 Å². The van der Waals surface area contributed by atoms with Gasteiger partial charge in [0, 0.05) is 17.3 Å². The molecular weight excluding hydrogens is 322 g/mol. The van der Waals surface area contributed by atoms with Crippen molar-refractivity contribution < 1.29 is 9.53 Å². The minimum absolute atomic E-state index is 0.135. The molecule has 0 saturated heterocycles. The lowest BCUT2D eigenvalue weighted by Gasteiger charge is -2.15. The van der Waals surface area contributed by atoms with Crippen LogP contribution in [0.1, 0.15) is 56.2 Å². The molecule has 0 radical (unpaired) electrons. The van der Waals surface area contributed by atoms with Gasteiger partial charge in [0.2, 0.25) is 5.91 Å². The first-order chi connectivity index (χ1) is 12.5. The predicted molar refractivity (Wildman–Crippen MR) is 110 cm³/mol. The number of carbonyl (C=O) groups excluding carboxylic acids is 1. The number of aryl methyl sites for hydroxylation is 1. The highest BCUT2D eigenvalue weighted by atomic mass is 16.5. The fourth-order valence-corrected chi connectivity index (χ4v) is 2.75. The van der Waals surface area contributed by atoms with Crippen LogP contribution in [0.3, 0.4) is 0 Å². The topological polar surface area (TPSA) is 38.3 Å². The van der Waals surface area contributed by atoms with Gasteiger partial charge >= 0.3 is 0 Å². The molecule has 0 fully saturated rings. The summed E-state index contributed by atoms with van der Waals surface area (Å²) in [5.41, 5.74) is 4.04. The van der Waals surface area contributed by atoms with Gasteiger partial charge in [-0.25, -0.2) is 0 Å². The SMILES string of the molecule is CCCCOc1ccccc1C=CC(=O)Nc1c(C)cccc1C(C)C. The van der Waals surface area contributed by atoms with Crippen LogP contribution in [0.4, 0.5) is 5.69 Å². The Bertz CT molecular complexity index is 763. The van der Waals surface area contributed by atoms with Crippen LogP contribution in [-0.2, 0) is 4.79 Å². The highest BCUT2D eigenvalue weighted by Crippen LogP contribution is 2.27. The molecule has 0 aromatic heterocycles. The van der Waals surface area contributed by atoms with E-state index in [0.717, 1.165) is 41.0 Å². The minimum atomic E-state index is -0.135. The maximum absolute atomic E-state index is 12.4. The summed E-state index contributed by atoms with van der Waals surface area (Å²) in [5, 5.41) is 3.04. The van der Waals surface area contributed by atoms with Crippen LogP contribution in [0.25, 0.3) is 6.08 Å². The van der Waals surface area contributed by atoms with Gasteiger partial charge in [-0.1, -0.05) is 63.6 Å². The molecule has 0 unspecified atom stereocenters. The number of anilines is 1. The lowest BCUT2D eigenvalue weighted by Crippen LogP contribution is -2.11. The smallest absolute Gasteiger partial charge is 0.248 e. The second-order valence-corrected chi connectivity index (χ2v) is 6.76. The molecule has 26 heavy (non-hydrogen) atoms. The van der Waals surface area contributed by atoms with E-state index in [1.54, 1.807) is 6.08 Å². The van der Waals surface area contributed by atoms with Crippen molar-refractivity contribution >= 4 is 17.7 Å². The molecule has 2 aromatic rings. The van der Waals surface area contributed by atoms with E-state index >= 15 is 0 Å². The van der Waals surface area contributed by atoms with E-state index < -0.39 is 0 Å². The molecule has 1 amide bonds. The molecule has 138 valence electrons. The zero-order valence-corrected chi connectivity index (χ0v) is 16.2. The molecule has 0 saturated carbocycles. The van der Waals surface area contributed by atoms with Crippen LogP contribution in [0.5, 0.6) is 5.75 Å². The first-order valence-electron chi connectivity index (χ1n) is 9.33. The number of carbonyl (C=O) groups is 1. The van der Waals surface area contributed by atoms with E-state index in [2.05, 4.69) is 32.2 Å². The van der Waals surface area contributed by atoms with Crippen molar-refractivity contribution in [3.8, 4) is 5.75 Å². The zero-order chi connectivity index (χ0) is 18.9. The standard InChI is InChI=1S/C23H29NO2/c1-5-6-16-26-21-13-8-7-11-19(21)14-15-22(25)24-23-18(4)10-9-12-20(23)17(2)3/h7-15,17H,5-6,16H2,1-4H3,(H,24,25). The highest BCUT2D eigenvalue weighted by molar-refractivity contribution is 6.03. The van der Waals surface area contributed by atoms with Crippen LogP contribution in [0.15, 0.2) is 48.5 Å². The van der Waals surface area contributed by atoms with Crippen molar-refractivity contribution in [2.24, 2.45) is 0 Å². The molecule has 2 aromatic carbocycles. The molecule has 0 aliphatic heterocycles. The number of rotatable bonds is 8. The van der Waals surface area contributed by atoms with Crippen LogP contribution >= 0.6 is 0 Å². The van der Waals surface area contributed by atoms with E-state index in [0.29, 0.717) is 12.5 Å². The largest absolute Gasteiger partial charge is 0.493 e. The molecule has 0 bridgehead atoms. The number of unbranched alkanes of at least 4 members (excludes halogenated alkanes) is 1. The second kappa shape index (κ2) is 9.81. The number of ether oxygens (including phenoxy) is 1. The first-order valence-corrected chi connectivity index (χ1v) is 9.33. The molecule has 0 aliphatic carbocycles. The van der Waals surface area contributed by atoms with Gasteiger partial charge in [-0.15, -0.1) is 0 Å². The average molecular weight is 351 g/mol. The van der Waals surface area contributed by atoms with Crippen molar-refractivity contribution in [2.75, 3.05) is 11.9 Å². The monoisotopic (exact) mass is 351 g/mol. The van der Waals surface area contributed by atoms with E-state index in [9.17, 15) is 4.79 Å². The number of benzene rings is 2. The van der Waals surface area contributed by atoms with Gasteiger partial charge in [0.1, 0.15) is 5.75 Å². The van der Waals surface area contributed by atoms with Crippen molar-refractivity contribution in [3.63, 3.8) is 0 Å². The summed E-state index contributed by atoms with van der Waals surface area (Å²) in [5.74, 6) is 1.02. The number of hydrogen-bond acceptors (Lipinski definition) is 2. The molecule has 0 spiro atoms. The number of amides is 1. The molecule has 0 aliphatic rings. The fraction of sp³-hybridized carbons (Fsp3) is 0.348. The summed E-state index contributed by atoms with van der Waals surface area (Å²) in [7, 11) is 0. The normalized spacial score (nSPS) is 11.1. The van der Waals surface area contributed by atoms with Gasteiger partial charge < -0.3 is 10.1 Å². The summed E-state index contributed by atoms with van der Waals surface area (Å²) in [6.07, 6.45) is 5.49. The third-order valence-electron chi connectivity index (χ3n) is 4.26. The Morgan fingerprint density at radius 2 is 1.92 bits per heavy atom. The van der Waals surface area contributed by atoms with E-state index in [-0.39, 0.29) is 5.91 Å². The molecule has 3 nitrogen and oxygen atoms in total. The Hall–Kier alpha value is -2.55. The van der Waals surface area contributed by atoms with Gasteiger partial charge in [0.05, 0.1) is 6.61 Å². The molecule has 1 N–H and O–H groups in total. The van der Waals surface area contributed by atoms with Crippen molar-refractivity contribution in [2.45, 2.75) is 46.5 Å². The van der Waals surface area contributed by atoms with Gasteiger partial charge in [-0.05, 0) is 42.5 Å². The lowest BCUT2D eigenvalue weighted by molar-refractivity contribution is -0.111. The molecule has 3 heteroatoms. The van der Waals surface area contributed by atoms with Crippen LogP contribution < -0.4 is 10.1 Å². The minimum Gasteiger partial charge on any atom is -0.493 e. The molecule has 2 rings (SSSR count). The number of para-hydroxylation sites is 2. The quantitative estimate of drug-likeness (QED) is 0.471. The molecule has 0 heterocycles. The Kier molecular flexibility index (Phi) is 7.46. The van der Waals surface area contributed by atoms with Gasteiger partial charge in [-0.3, -0.25) is 4.79 Å².